The van der Waals surface area contributed by atoms with Crippen molar-refractivity contribution in [3.8, 4) is 0 Å². The molecule has 15 heavy (non-hydrogen) atoms. The lowest BCUT2D eigenvalue weighted by Crippen LogP contribution is -2.25. The third-order valence-electron chi connectivity index (χ3n) is 2.98. The second-order valence-electron chi connectivity index (χ2n) is 5.28. The minimum Gasteiger partial charge on any atom is -0.312 e. The van der Waals surface area contributed by atoms with Gasteiger partial charge in [0.1, 0.15) is 5.82 Å². The first-order valence-electron chi connectivity index (χ1n) is 5.51. The van der Waals surface area contributed by atoms with E-state index in [1.54, 1.807) is 6.07 Å². The number of rotatable bonds is 0. The highest BCUT2D eigenvalue weighted by atomic mass is 19.1. The molecule has 2 heteroatoms. The lowest BCUT2D eigenvalue weighted by atomic mass is 9.84. The van der Waals surface area contributed by atoms with Crippen molar-refractivity contribution < 1.29 is 4.39 Å². The normalized spacial score (nSPS) is 16.3. The van der Waals surface area contributed by atoms with Gasteiger partial charge in [-0.25, -0.2) is 4.39 Å². The number of hydrogen-bond acceptors (Lipinski definition) is 1. The van der Waals surface area contributed by atoms with Gasteiger partial charge >= 0.3 is 0 Å². The van der Waals surface area contributed by atoms with Crippen molar-refractivity contribution in [2.75, 3.05) is 6.54 Å². The average Bonchev–Trinajstić information content (AvgIpc) is 2.15. The molecule has 0 saturated carbocycles. The maximum atomic E-state index is 13.9. The van der Waals surface area contributed by atoms with E-state index in [0.29, 0.717) is 0 Å². The Morgan fingerprint density at radius 1 is 1.20 bits per heavy atom. The zero-order valence-electron chi connectivity index (χ0n) is 9.65. The number of benzene rings is 1. The molecule has 0 bridgehead atoms. The maximum absolute atomic E-state index is 13.9. The summed E-state index contributed by atoms with van der Waals surface area (Å²) in [5.41, 5.74) is 3.13. The number of halogens is 1. The van der Waals surface area contributed by atoms with Gasteiger partial charge in [0.2, 0.25) is 0 Å². The van der Waals surface area contributed by atoms with Gasteiger partial charge < -0.3 is 5.32 Å². The first-order valence-corrected chi connectivity index (χ1v) is 5.51. The zero-order chi connectivity index (χ0) is 11.1. The molecule has 1 heterocycles. The summed E-state index contributed by atoms with van der Waals surface area (Å²) in [6.45, 7) is 7.98. The summed E-state index contributed by atoms with van der Waals surface area (Å²) in [5.74, 6) is -0.0526. The van der Waals surface area contributed by atoms with Crippen LogP contribution in [0.2, 0.25) is 0 Å². The number of hydrogen-bond donors (Lipinski definition) is 1. The summed E-state index contributed by atoms with van der Waals surface area (Å²) < 4.78 is 13.9. The molecular formula is C13H18FN. The van der Waals surface area contributed by atoms with Crippen LogP contribution in [0.15, 0.2) is 12.1 Å². The summed E-state index contributed by atoms with van der Waals surface area (Å²) >= 11 is 0. The van der Waals surface area contributed by atoms with Gasteiger partial charge in [0.15, 0.2) is 0 Å². The van der Waals surface area contributed by atoms with Gasteiger partial charge in [-0.3, -0.25) is 0 Å². The Labute approximate surface area is 90.7 Å². The van der Waals surface area contributed by atoms with E-state index in [4.69, 9.17) is 0 Å². The number of nitrogens with one attached hydrogen (secondary N) is 1. The second kappa shape index (κ2) is 3.60. The Balaban J connectivity index is 2.50. The molecule has 1 aliphatic rings. The van der Waals surface area contributed by atoms with E-state index in [1.807, 2.05) is 26.8 Å². The first-order chi connectivity index (χ1) is 6.98. The molecule has 0 saturated heterocycles. The topological polar surface area (TPSA) is 12.0 Å². The third kappa shape index (κ3) is 2.05. The fourth-order valence-corrected chi connectivity index (χ4v) is 2.08. The third-order valence-corrected chi connectivity index (χ3v) is 2.98. The monoisotopic (exact) mass is 207 g/mol. The lowest BCUT2D eigenvalue weighted by molar-refractivity contribution is 0.516. The van der Waals surface area contributed by atoms with Crippen LogP contribution in [0.5, 0.6) is 0 Å². The van der Waals surface area contributed by atoms with Crippen LogP contribution in [0.3, 0.4) is 0 Å². The molecule has 82 valence electrons. The molecule has 0 radical (unpaired) electrons. The number of fused-ring (bicyclic) bond motifs is 1. The van der Waals surface area contributed by atoms with E-state index in [0.717, 1.165) is 25.1 Å². The highest BCUT2D eigenvalue weighted by molar-refractivity contribution is 5.37. The molecular weight excluding hydrogens is 189 g/mol. The molecule has 2 rings (SSSR count). The maximum Gasteiger partial charge on any atom is 0.127 e. The van der Waals surface area contributed by atoms with Gasteiger partial charge in [-0.15, -0.1) is 0 Å². The fraction of sp³-hybridized carbons (Fsp3) is 0.538. The molecule has 0 unspecified atom stereocenters. The van der Waals surface area contributed by atoms with Gasteiger partial charge in [-0.2, -0.15) is 0 Å². The minimum atomic E-state index is -0.115. The van der Waals surface area contributed by atoms with Gasteiger partial charge in [0, 0.05) is 6.54 Å². The SMILES string of the molecule is CC(C)(C)c1cc2c(cc1F)CCNC2. The molecule has 0 amide bonds. The molecule has 1 aromatic rings. The van der Waals surface area contributed by atoms with Crippen molar-refractivity contribution >= 4 is 0 Å². The molecule has 1 nitrogen and oxygen atoms in total. The summed E-state index contributed by atoms with van der Waals surface area (Å²) in [5, 5.41) is 3.32. The standard InChI is InChI=1S/C13H18FN/c1-13(2,3)11-6-10-8-15-5-4-9(10)7-12(11)14/h6-7,15H,4-5,8H2,1-3H3. The van der Waals surface area contributed by atoms with E-state index < -0.39 is 0 Å². The molecule has 0 spiro atoms. The highest BCUT2D eigenvalue weighted by Gasteiger charge is 2.21. The van der Waals surface area contributed by atoms with Crippen LogP contribution in [0, 0.1) is 5.82 Å². The molecule has 1 aliphatic heterocycles. The molecule has 1 aromatic carbocycles. The van der Waals surface area contributed by atoms with E-state index in [1.165, 1.54) is 11.1 Å². The van der Waals surface area contributed by atoms with Crippen LogP contribution in [0.4, 0.5) is 4.39 Å². The van der Waals surface area contributed by atoms with Gasteiger partial charge in [-0.1, -0.05) is 26.8 Å². The van der Waals surface area contributed by atoms with Crippen LogP contribution in [0.1, 0.15) is 37.5 Å². The van der Waals surface area contributed by atoms with Gasteiger partial charge in [0.05, 0.1) is 0 Å². The molecule has 0 aliphatic carbocycles. The largest absolute Gasteiger partial charge is 0.312 e. The predicted molar refractivity (Wildman–Crippen MR) is 60.5 cm³/mol. The predicted octanol–water partition coefficient (Wildman–Crippen LogP) is 2.77. The van der Waals surface area contributed by atoms with Crippen molar-refractivity contribution in [1.29, 1.82) is 0 Å². The molecule has 0 atom stereocenters. The summed E-state index contributed by atoms with van der Waals surface area (Å²) in [4.78, 5) is 0. The van der Waals surface area contributed by atoms with Crippen molar-refractivity contribution in [3.05, 3.63) is 34.6 Å². The summed E-state index contributed by atoms with van der Waals surface area (Å²) in [6, 6.07) is 3.74. The second-order valence-corrected chi connectivity index (χ2v) is 5.28. The molecule has 0 fully saturated rings. The summed E-state index contributed by atoms with van der Waals surface area (Å²) in [7, 11) is 0. The van der Waals surface area contributed by atoms with Gasteiger partial charge in [0.25, 0.3) is 0 Å². The van der Waals surface area contributed by atoms with Gasteiger partial charge in [-0.05, 0) is 41.1 Å². The van der Waals surface area contributed by atoms with E-state index >= 15 is 0 Å². The van der Waals surface area contributed by atoms with Crippen molar-refractivity contribution in [2.45, 2.75) is 39.2 Å². The Hall–Kier alpha value is -0.890. The Bertz CT molecular complexity index is 377. The van der Waals surface area contributed by atoms with E-state index in [-0.39, 0.29) is 11.2 Å². The lowest BCUT2D eigenvalue weighted by Gasteiger charge is -2.24. The van der Waals surface area contributed by atoms with E-state index in [2.05, 4.69) is 5.32 Å². The smallest absolute Gasteiger partial charge is 0.127 e. The highest BCUT2D eigenvalue weighted by Crippen LogP contribution is 2.28. The van der Waals surface area contributed by atoms with Crippen molar-refractivity contribution in [1.82, 2.24) is 5.32 Å². The van der Waals surface area contributed by atoms with E-state index in [9.17, 15) is 4.39 Å². The first kappa shape index (κ1) is 10.6. The van der Waals surface area contributed by atoms with Crippen LogP contribution in [-0.4, -0.2) is 6.54 Å². The minimum absolute atomic E-state index is 0.0526. The Kier molecular flexibility index (Phi) is 2.55. The van der Waals surface area contributed by atoms with Crippen molar-refractivity contribution in [2.24, 2.45) is 0 Å². The zero-order valence-corrected chi connectivity index (χ0v) is 9.65. The van der Waals surface area contributed by atoms with Crippen LogP contribution < -0.4 is 5.32 Å². The van der Waals surface area contributed by atoms with Crippen LogP contribution >= 0.6 is 0 Å². The Morgan fingerprint density at radius 3 is 2.60 bits per heavy atom. The molecule has 0 aromatic heterocycles. The summed E-state index contributed by atoms with van der Waals surface area (Å²) in [6.07, 6.45) is 0.941. The Morgan fingerprint density at radius 2 is 1.93 bits per heavy atom. The molecule has 1 N–H and O–H groups in total. The van der Waals surface area contributed by atoms with Crippen molar-refractivity contribution in [3.63, 3.8) is 0 Å². The quantitative estimate of drug-likeness (QED) is 0.689. The average molecular weight is 207 g/mol. The van der Waals surface area contributed by atoms with Crippen LogP contribution in [-0.2, 0) is 18.4 Å². The van der Waals surface area contributed by atoms with Crippen LogP contribution in [0.25, 0.3) is 0 Å². The fourth-order valence-electron chi connectivity index (χ4n) is 2.08.